The summed E-state index contributed by atoms with van der Waals surface area (Å²) in [7, 11) is 0. The van der Waals surface area contributed by atoms with Gasteiger partial charge in [-0.3, -0.25) is 4.99 Å². The van der Waals surface area contributed by atoms with E-state index in [4.69, 9.17) is 27.9 Å². The van der Waals surface area contributed by atoms with E-state index in [2.05, 4.69) is 18.8 Å². The van der Waals surface area contributed by atoms with Crippen LogP contribution in [0.4, 0.5) is 0 Å². The van der Waals surface area contributed by atoms with Crippen LogP contribution in [-0.4, -0.2) is 18.3 Å². The molecule has 0 bridgehead atoms. The standard InChI is InChI=1S/C17H17Cl2NO2/c1-8(2)13-9(3)20-16-11(7-22-17(16)21)14(13)10-5-4-6-12(18)15(10)19/h4-6,8,13-14H,7H2,1-3H3. The SMILES string of the molecule is CC1=NC2=C(COC2=O)C(c2cccc(Cl)c2Cl)C1C(C)C. The van der Waals surface area contributed by atoms with Gasteiger partial charge >= 0.3 is 5.97 Å². The van der Waals surface area contributed by atoms with Crippen molar-refractivity contribution in [3.63, 3.8) is 0 Å². The minimum absolute atomic E-state index is 0.0230. The highest BCUT2D eigenvalue weighted by Crippen LogP contribution is 2.47. The number of carbonyl (C=O) groups excluding carboxylic acids is 1. The predicted molar refractivity (Wildman–Crippen MR) is 88.6 cm³/mol. The van der Waals surface area contributed by atoms with Gasteiger partial charge in [-0.1, -0.05) is 49.2 Å². The van der Waals surface area contributed by atoms with E-state index in [-0.39, 0.29) is 24.4 Å². The fourth-order valence-corrected chi connectivity index (χ4v) is 3.91. The molecule has 0 N–H and O–H groups in total. The third-order valence-electron chi connectivity index (χ3n) is 4.40. The Labute approximate surface area is 140 Å². The maximum absolute atomic E-state index is 11.9. The lowest BCUT2D eigenvalue weighted by Gasteiger charge is -2.34. The monoisotopic (exact) mass is 337 g/mol. The molecule has 0 saturated carbocycles. The number of nitrogens with zero attached hydrogens (tertiary/aromatic N) is 1. The molecule has 5 heteroatoms. The second kappa shape index (κ2) is 5.71. The van der Waals surface area contributed by atoms with Crippen molar-refractivity contribution < 1.29 is 9.53 Å². The number of benzene rings is 1. The first-order valence-corrected chi connectivity index (χ1v) is 8.06. The Morgan fingerprint density at radius 1 is 1.32 bits per heavy atom. The van der Waals surface area contributed by atoms with Crippen molar-refractivity contribution in [3.8, 4) is 0 Å². The van der Waals surface area contributed by atoms with Gasteiger partial charge < -0.3 is 4.74 Å². The third-order valence-corrected chi connectivity index (χ3v) is 5.23. The maximum Gasteiger partial charge on any atom is 0.357 e. The van der Waals surface area contributed by atoms with Crippen LogP contribution in [0.25, 0.3) is 0 Å². The lowest BCUT2D eigenvalue weighted by Crippen LogP contribution is -2.31. The molecule has 0 aromatic heterocycles. The average molecular weight is 338 g/mol. The van der Waals surface area contributed by atoms with Crippen LogP contribution in [0.15, 0.2) is 34.5 Å². The van der Waals surface area contributed by atoms with Crippen molar-refractivity contribution in [2.24, 2.45) is 16.8 Å². The Kier molecular flexibility index (Phi) is 4.04. The van der Waals surface area contributed by atoms with Crippen molar-refractivity contribution in [1.29, 1.82) is 0 Å². The summed E-state index contributed by atoms with van der Waals surface area (Å²) in [6.45, 7) is 6.55. The van der Waals surface area contributed by atoms with Gasteiger partial charge in [0, 0.05) is 23.1 Å². The summed E-state index contributed by atoms with van der Waals surface area (Å²) < 4.78 is 5.20. The molecule has 0 amide bonds. The van der Waals surface area contributed by atoms with Crippen molar-refractivity contribution in [2.45, 2.75) is 26.7 Å². The second-order valence-electron chi connectivity index (χ2n) is 6.09. The molecule has 3 rings (SSSR count). The van der Waals surface area contributed by atoms with Gasteiger partial charge in [0.1, 0.15) is 6.61 Å². The fourth-order valence-electron chi connectivity index (χ4n) is 3.48. The normalized spacial score (nSPS) is 24.5. The first-order valence-electron chi connectivity index (χ1n) is 7.31. The highest BCUT2D eigenvalue weighted by molar-refractivity contribution is 6.42. The van der Waals surface area contributed by atoms with Gasteiger partial charge in [0.05, 0.1) is 10.0 Å². The van der Waals surface area contributed by atoms with Crippen molar-refractivity contribution in [2.75, 3.05) is 6.61 Å². The molecule has 1 aromatic carbocycles. The number of halogens is 2. The molecule has 0 aliphatic carbocycles. The molecule has 1 aromatic rings. The van der Waals surface area contributed by atoms with Crippen molar-refractivity contribution in [1.82, 2.24) is 0 Å². The summed E-state index contributed by atoms with van der Waals surface area (Å²) in [6.07, 6.45) is 0. The van der Waals surface area contributed by atoms with Crippen molar-refractivity contribution in [3.05, 3.63) is 45.1 Å². The number of carbonyl (C=O) groups is 1. The molecule has 0 saturated heterocycles. The van der Waals surface area contributed by atoms with Crippen LogP contribution >= 0.6 is 23.2 Å². The molecule has 22 heavy (non-hydrogen) atoms. The number of hydrogen-bond donors (Lipinski definition) is 0. The lowest BCUT2D eigenvalue weighted by molar-refractivity contribution is -0.136. The second-order valence-corrected chi connectivity index (χ2v) is 6.88. The summed E-state index contributed by atoms with van der Waals surface area (Å²) in [5.74, 6) is 0.155. The lowest BCUT2D eigenvalue weighted by atomic mass is 9.71. The first-order chi connectivity index (χ1) is 10.4. The van der Waals surface area contributed by atoms with Gasteiger partial charge in [0.25, 0.3) is 0 Å². The van der Waals surface area contributed by atoms with Crippen LogP contribution < -0.4 is 0 Å². The van der Waals surface area contributed by atoms with Gasteiger partial charge in [-0.05, 0) is 24.5 Å². The van der Waals surface area contributed by atoms with Crippen LogP contribution in [0.3, 0.4) is 0 Å². The molecule has 116 valence electrons. The number of hydrogen-bond acceptors (Lipinski definition) is 3. The topological polar surface area (TPSA) is 38.7 Å². The van der Waals surface area contributed by atoms with Gasteiger partial charge in [-0.15, -0.1) is 0 Å². The summed E-state index contributed by atoms with van der Waals surface area (Å²) in [4.78, 5) is 16.4. The van der Waals surface area contributed by atoms with Gasteiger partial charge in [0.2, 0.25) is 0 Å². The Morgan fingerprint density at radius 3 is 2.73 bits per heavy atom. The fraction of sp³-hybridized carbons (Fsp3) is 0.412. The zero-order valence-corrected chi connectivity index (χ0v) is 14.2. The molecule has 0 spiro atoms. The molecule has 3 nitrogen and oxygen atoms in total. The quantitative estimate of drug-likeness (QED) is 0.737. The Hall–Kier alpha value is -1.32. The van der Waals surface area contributed by atoms with Crippen LogP contribution in [-0.2, 0) is 9.53 Å². The Balaban J connectivity index is 2.20. The molecule has 0 radical (unpaired) electrons. The predicted octanol–water partition coefficient (Wildman–Crippen LogP) is 4.63. The highest BCUT2D eigenvalue weighted by Gasteiger charge is 2.42. The number of esters is 1. The number of ether oxygens (including phenoxy) is 1. The largest absolute Gasteiger partial charge is 0.456 e. The molecule has 2 aliphatic rings. The molecular formula is C17H17Cl2NO2. The average Bonchev–Trinajstić information content (AvgIpc) is 2.82. The summed E-state index contributed by atoms with van der Waals surface area (Å²) in [6, 6.07) is 5.63. The van der Waals surface area contributed by atoms with E-state index in [1.807, 2.05) is 19.1 Å². The minimum atomic E-state index is -0.347. The molecule has 2 atom stereocenters. The van der Waals surface area contributed by atoms with Crippen LogP contribution in [0.2, 0.25) is 10.0 Å². The smallest absolute Gasteiger partial charge is 0.357 e. The molecule has 2 aliphatic heterocycles. The van der Waals surface area contributed by atoms with Gasteiger partial charge in [-0.25, -0.2) is 4.79 Å². The van der Waals surface area contributed by atoms with Crippen LogP contribution in [0.5, 0.6) is 0 Å². The van der Waals surface area contributed by atoms with Crippen LogP contribution in [0.1, 0.15) is 32.3 Å². The van der Waals surface area contributed by atoms with E-state index >= 15 is 0 Å². The van der Waals surface area contributed by atoms with E-state index in [0.29, 0.717) is 21.7 Å². The first kappa shape index (κ1) is 15.6. The summed E-state index contributed by atoms with van der Waals surface area (Å²) in [5.41, 5.74) is 3.23. The summed E-state index contributed by atoms with van der Waals surface area (Å²) >= 11 is 12.6. The van der Waals surface area contributed by atoms with Crippen LogP contribution in [0, 0.1) is 11.8 Å². The molecule has 2 heterocycles. The number of aliphatic imine (C=N–C) groups is 1. The van der Waals surface area contributed by atoms with Gasteiger partial charge in [0.15, 0.2) is 5.70 Å². The minimum Gasteiger partial charge on any atom is -0.456 e. The molecule has 0 fully saturated rings. The van der Waals surface area contributed by atoms with Crippen molar-refractivity contribution >= 4 is 34.9 Å². The van der Waals surface area contributed by atoms with E-state index < -0.39 is 0 Å². The van der Waals surface area contributed by atoms with E-state index in [1.165, 1.54) is 0 Å². The van der Waals surface area contributed by atoms with Gasteiger partial charge in [-0.2, -0.15) is 0 Å². The summed E-state index contributed by atoms with van der Waals surface area (Å²) in [5, 5.41) is 1.06. The zero-order chi connectivity index (χ0) is 16.0. The third kappa shape index (κ3) is 2.37. The maximum atomic E-state index is 11.9. The highest BCUT2D eigenvalue weighted by atomic mass is 35.5. The Morgan fingerprint density at radius 2 is 2.05 bits per heavy atom. The van der Waals surface area contributed by atoms with E-state index in [1.54, 1.807) is 6.07 Å². The molecule has 2 unspecified atom stereocenters. The van der Waals surface area contributed by atoms with E-state index in [9.17, 15) is 4.79 Å². The number of cyclic esters (lactones) is 1. The molecular weight excluding hydrogens is 321 g/mol. The number of rotatable bonds is 2. The van der Waals surface area contributed by atoms with E-state index in [0.717, 1.165) is 16.8 Å². The Bertz CT molecular complexity index is 707. The zero-order valence-electron chi connectivity index (χ0n) is 12.7.